The molecule has 0 aliphatic heterocycles. The van der Waals surface area contributed by atoms with E-state index < -0.39 is 21.7 Å². The standard InChI is InChI=1S/C13H10ClF2NO2S/c14-11-3-1-2-4-13(11)20(18,19)17-8-9-5-6-10(15)7-12(9)16/h1-7,17H,8H2. The highest BCUT2D eigenvalue weighted by Crippen LogP contribution is 2.20. The quantitative estimate of drug-likeness (QED) is 0.942. The number of nitrogens with one attached hydrogen (secondary N) is 1. The van der Waals surface area contributed by atoms with Crippen LogP contribution in [0.4, 0.5) is 8.78 Å². The molecule has 0 aromatic heterocycles. The Labute approximate surface area is 120 Å². The molecule has 0 heterocycles. The molecule has 3 nitrogen and oxygen atoms in total. The topological polar surface area (TPSA) is 46.2 Å². The molecule has 0 saturated carbocycles. The lowest BCUT2D eigenvalue weighted by molar-refractivity contribution is 0.562. The maximum Gasteiger partial charge on any atom is 0.242 e. The van der Waals surface area contributed by atoms with E-state index >= 15 is 0 Å². The maximum atomic E-state index is 13.4. The summed E-state index contributed by atoms with van der Waals surface area (Å²) in [6, 6.07) is 8.83. The molecule has 7 heteroatoms. The van der Waals surface area contributed by atoms with Crippen LogP contribution in [0.3, 0.4) is 0 Å². The second kappa shape index (κ2) is 5.87. The lowest BCUT2D eigenvalue weighted by Crippen LogP contribution is -2.24. The first-order valence-corrected chi connectivity index (χ1v) is 7.44. The minimum atomic E-state index is -3.86. The van der Waals surface area contributed by atoms with Gasteiger partial charge in [0.1, 0.15) is 16.5 Å². The SMILES string of the molecule is O=S(=O)(NCc1ccc(F)cc1F)c1ccccc1Cl. The van der Waals surface area contributed by atoms with Crippen molar-refractivity contribution in [3.05, 3.63) is 64.7 Å². The van der Waals surface area contributed by atoms with Crippen LogP contribution >= 0.6 is 11.6 Å². The molecule has 2 aromatic carbocycles. The van der Waals surface area contributed by atoms with Crippen molar-refractivity contribution >= 4 is 21.6 Å². The molecule has 2 rings (SSSR count). The minimum absolute atomic E-state index is 0.0435. The first-order chi connectivity index (χ1) is 9.40. The fraction of sp³-hybridized carbons (Fsp3) is 0.0769. The van der Waals surface area contributed by atoms with Crippen LogP contribution in [0.1, 0.15) is 5.56 Å². The second-order valence-electron chi connectivity index (χ2n) is 3.99. The fourth-order valence-electron chi connectivity index (χ4n) is 1.58. The molecule has 1 N–H and O–H groups in total. The Balaban J connectivity index is 2.20. The van der Waals surface area contributed by atoms with E-state index in [1.54, 1.807) is 6.07 Å². The third-order valence-electron chi connectivity index (χ3n) is 2.59. The van der Waals surface area contributed by atoms with Gasteiger partial charge in [-0.1, -0.05) is 29.8 Å². The van der Waals surface area contributed by atoms with Gasteiger partial charge in [-0.15, -0.1) is 0 Å². The van der Waals surface area contributed by atoms with Crippen molar-refractivity contribution < 1.29 is 17.2 Å². The Kier molecular flexibility index (Phi) is 4.37. The number of rotatable bonds is 4. The van der Waals surface area contributed by atoms with Gasteiger partial charge in [0.15, 0.2) is 0 Å². The smallest absolute Gasteiger partial charge is 0.207 e. The van der Waals surface area contributed by atoms with Crippen molar-refractivity contribution in [2.75, 3.05) is 0 Å². The van der Waals surface area contributed by atoms with Gasteiger partial charge in [-0.2, -0.15) is 0 Å². The second-order valence-corrected chi connectivity index (χ2v) is 6.13. The summed E-state index contributed by atoms with van der Waals surface area (Å²) in [5.41, 5.74) is 0.0435. The van der Waals surface area contributed by atoms with E-state index in [-0.39, 0.29) is 22.0 Å². The third kappa shape index (κ3) is 3.33. The van der Waals surface area contributed by atoms with Gasteiger partial charge in [0.2, 0.25) is 10.0 Å². The zero-order chi connectivity index (χ0) is 14.8. The lowest BCUT2D eigenvalue weighted by atomic mass is 10.2. The Morgan fingerprint density at radius 1 is 1.10 bits per heavy atom. The minimum Gasteiger partial charge on any atom is -0.207 e. The van der Waals surface area contributed by atoms with Crippen LogP contribution in [0.25, 0.3) is 0 Å². The van der Waals surface area contributed by atoms with E-state index in [0.717, 1.165) is 6.07 Å². The molecule has 0 aliphatic carbocycles. The summed E-state index contributed by atoms with van der Waals surface area (Å²) in [5, 5.41) is 0.0691. The fourth-order valence-corrected chi connectivity index (χ4v) is 3.10. The van der Waals surface area contributed by atoms with Crippen LogP contribution in [0.2, 0.25) is 5.02 Å². The van der Waals surface area contributed by atoms with Crippen LogP contribution in [0.5, 0.6) is 0 Å². The average Bonchev–Trinajstić information content (AvgIpc) is 2.38. The summed E-state index contributed by atoms with van der Waals surface area (Å²) < 4.78 is 52.4. The van der Waals surface area contributed by atoms with E-state index in [1.807, 2.05) is 0 Å². The Morgan fingerprint density at radius 3 is 2.45 bits per heavy atom. The van der Waals surface area contributed by atoms with Gasteiger partial charge in [0.05, 0.1) is 5.02 Å². The maximum absolute atomic E-state index is 13.4. The van der Waals surface area contributed by atoms with E-state index in [2.05, 4.69) is 4.72 Å². The summed E-state index contributed by atoms with van der Waals surface area (Å²) in [6.07, 6.45) is 0. The summed E-state index contributed by atoms with van der Waals surface area (Å²) in [6.45, 7) is -0.292. The molecule has 20 heavy (non-hydrogen) atoms. The predicted molar refractivity (Wildman–Crippen MR) is 71.8 cm³/mol. The van der Waals surface area contributed by atoms with Crippen molar-refractivity contribution in [2.45, 2.75) is 11.4 Å². The summed E-state index contributed by atoms with van der Waals surface area (Å²) in [4.78, 5) is -0.0933. The van der Waals surface area contributed by atoms with Crippen LogP contribution in [0, 0.1) is 11.6 Å². The molecule has 0 unspecified atom stereocenters. The molecular weight excluding hydrogens is 308 g/mol. The molecule has 0 radical (unpaired) electrons. The van der Waals surface area contributed by atoms with E-state index in [4.69, 9.17) is 11.6 Å². The highest BCUT2D eigenvalue weighted by Gasteiger charge is 2.17. The van der Waals surface area contributed by atoms with Gasteiger partial charge in [-0.05, 0) is 18.2 Å². The largest absolute Gasteiger partial charge is 0.242 e. The molecule has 0 bridgehead atoms. The van der Waals surface area contributed by atoms with Crippen molar-refractivity contribution in [1.29, 1.82) is 0 Å². The predicted octanol–water partition coefficient (Wildman–Crippen LogP) is 3.10. The molecule has 0 atom stereocenters. The molecule has 0 saturated heterocycles. The molecule has 0 spiro atoms. The van der Waals surface area contributed by atoms with Crippen molar-refractivity contribution in [1.82, 2.24) is 4.72 Å². The highest BCUT2D eigenvalue weighted by atomic mass is 35.5. The Morgan fingerprint density at radius 2 is 1.80 bits per heavy atom. The average molecular weight is 318 g/mol. The number of hydrogen-bond acceptors (Lipinski definition) is 2. The van der Waals surface area contributed by atoms with Gasteiger partial charge in [-0.3, -0.25) is 0 Å². The van der Waals surface area contributed by atoms with Crippen molar-refractivity contribution in [3.63, 3.8) is 0 Å². The Bertz CT molecular complexity index is 735. The summed E-state index contributed by atoms with van der Waals surface area (Å²) in [5.74, 6) is -1.54. The van der Waals surface area contributed by atoms with Crippen LogP contribution in [-0.2, 0) is 16.6 Å². The molecule has 0 fully saturated rings. The monoisotopic (exact) mass is 317 g/mol. The molecule has 106 valence electrons. The third-order valence-corrected chi connectivity index (χ3v) is 4.49. The van der Waals surface area contributed by atoms with Crippen molar-refractivity contribution in [2.24, 2.45) is 0 Å². The molecule has 0 aliphatic rings. The van der Waals surface area contributed by atoms with Crippen molar-refractivity contribution in [3.8, 4) is 0 Å². The van der Waals surface area contributed by atoms with Gasteiger partial charge in [-0.25, -0.2) is 21.9 Å². The number of hydrogen-bond donors (Lipinski definition) is 1. The van der Waals surface area contributed by atoms with Crippen LogP contribution in [0.15, 0.2) is 47.4 Å². The van der Waals surface area contributed by atoms with E-state index in [9.17, 15) is 17.2 Å². The number of halogens is 3. The number of benzene rings is 2. The van der Waals surface area contributed by atoms with Gasteiger partial charge in [0, 0.05) is 18.2 Å². The summed E-state index contributed by atoms with van der Waals surface area (Å²) in [7, 11) is -3.86. The lowest BCUT2D eigenvalue weighted by Gasteiger charge is -2.08. The Hall–Kier alpha value is -1.50. The van der Waals surface area contributed by atoms with Crippen LogP contribution in [-0.4, -0.2) is 8.42 Å². The van der Waals surface area contributed by atoms with Gasteiger partial charge >= 0.3 is 0 Å². The highest BCUT2D eigenvalue weighted by molar-refractivity contribution is 7.89. The molecular formula is C13H10ClF2NO2S. The van der Waals surface area contributed by atoms with Gasteiger partial charge < -0.3 is 0 Å². The van der Waals surface area contributed by atoms with E-state index in [0.29, 0.717) is 6.07 Å². The summed E-state index contributed by atoms with van der Waals surface area (Å²) >= 11 is 5.80. The zero-order valence-electron chi connectivity index (χ0n) is 10.1. The molecule has 2 aromatic rings. The number of sulfonamides is 1. The first-order valence-electron chi connectivity index (χ1n) is 5.58. The van der Waals surface area contributed by atoms with Crippen LogP contribution < -0.4 is 4.72 Å². The molecule has 0 amide bonds. The van der Waals surface area contributed by atoms with E-state index in [1.165, 1.54) is 24.3 Å². The van der Waals surface area contributed by atoms with Gasteiger partial charge in [0.25, 0.3) is 0 Å². The normalized spacial score (nSPS) is 11.6. The first kappa shape index (κ1) is 14.9. The zero-order valence-corrected chi connectivity index (χ0v) is 11.7.